The summed E-state index contributed by atoms with van der Waals surface area (Å²) in [6, 6.07) is 8.09. The van der Waals surface area contributed by atoms with Crippen LogP contribution in [-0.4, -0.2) is 28.8 Å². The first kappa shape index (κ1) is 19.5. The fraction of sp³-hybridized carbons (Fsp3) is 0.619. The van der Waals surface area contributed by atoms with Crippen molar-refractivity contribution in [1.82, 2.24) is 10.2 Å². The number of nitrogens with one attached hydrogen (secondary N) is 1. The molecule has 1 aromatic carbocycles. The highest BCUT2D eigenvalue weighted by Crippen LogP contribution is 2.19. The molecular weight excluding hydrogens is 312 g/mol. The third-order valence-electron chi connectivity index (χ3n) is 5.02. The van der Waals surface area contributed by atoms with Crippen molar-refractivity contribution in [2.75, 3.05) is 0 Å². The Kier molecular flexibility index (Phi) is 7.48. The van der Waals surface area contributed by atoms with E-state index in [1.165, 1.54) is 18.4 Å². The second-order valence-corrected chi connectivity index (χ2v) is 7.17. The third-order valence-corrected chi connectivity index (χ3v) is 5.02. The molecule has 1 aliphatic carbocycles. The minimum Gasteiger partial charge on any atom is -0.352 e. The highest BCUT2D eigenvalue weighted by atomic mass is 16.2. The van der Waals surface area contributed by atoms with Gasteiger partial charge in [-0.1, -0.05) is 56.5 Å². The van der Waals surface area contributed by atoms with Gasteiger partial charge in [0.2, 0.25) is 11.8 Å². The normalized spacial score (nSPS) is 15.8. The fourth-order valence-corrected chi connectivity index (χ4v) is 3.53. The molecule has 0 spiro atoms. The summed E-state index contributed by atoms with van der Waals surface area (Å²) >= 11 is 0. The van der Waals surface area contributed by atoms with Crippen LogP contribution in [0.15, 0.2) is 24.3 Å². The lowest BCUT2D eigenvalue weighted by Crippen LogP contribution is -2.50. The molecule has 0 bridgehead atoms. The first-order valence-corrected chi connectivity index (χ1v) is 9.70. The van der Waals surface area contributed by atoms with Crippen LogP contribution in [0.2, 0.25) is 0 Å². The topological polar surface area (TPSA) is 49.4 Å². The van der Waals surface area contributed by atoms with Crippen LogP contribution in [-0.2, 0) is 16.1 Å². The van der Waals surface area contributed by atoms with Crippen LogP contribution >= 0.6 is 0 Å². The molecule has 0 saturated heterocycles. The van der Waals surface area contributed by atoms with E-state index in [2.05, 4.69) is 17.4 Å². The largest absolute Gasteiger partial charge is 0.352 e. The van der Waals surface area contributed by atoms with Gasteiger partial charge >= 0.3 is 0 Å². The molecule has 1 saturated carbocycles. The lowest BCUT2D eigenvalue weighted by Gasteiger charge is -2.31. The molecule has 0 aliphatic heterocycles. The van der Waals surface area contributed by atoms with E-state index >= 15 is 0 Å². The summed E-state index contributed by atoms with van der Waals surface area (Å²) in [4.78, 5) is 27.3. The van der Waals surface area contributed by atoms with Gasteiger partial charge < -0.3 is 10.2 Å². The highest BCUT2D eigenvalue weighted by Gasteiger charge is 2.30. The van der Waals surface area contributed by atoms with Crippen molar-refractivity contribution in [3.05, 3.63) is 35.4 Å². The van der Waals surface area contributed by atoms with E-state index in [-0.39, 0.29) is 23.9 Å². The maximum absolute atomic E-state index is 12.8. The van der Waals surface area contributed by atoms with Crippen LogP contribution in [0, 0.1) is 6.92 Å². The van der Waals surface area contributed by atoms with Gasteiger partial charge in [0.15, 0.2) is 0 Å². The summed E-state index contributed by atoms with van der Waals surface area (Å²) in [6.07, 6.45) is 6.40. The lowest BCUT2D eigenvalue weighted by molar-refractivity contribution is -0.141. The Hall–Kier alpha value is -1.84. The molecule has 25 heavy (non-hydrogen) atoms. The smallest absolute Gasteiger partial charge is 0.243 e. The van der Waals surface area contributed by atoms with Gasteiger partial charge in [-0.25, -0.2) is 0 Å². The molecular formula is C21H32N2O2. The van der Waals surface area contributed by atoms with Crippen LogP contribution < -0.4 is 5.32 Å². The molecule has 138 valence electrons. The van der Waals surface area contributed by atoms with Crippen molar-refractivity contribution in [1.29, 1.82) is 0 Å². The van der Waals surface area contributed by atoms with Crippen LogP contribution in [0.3, 0.4) is 0 Å². The number of nitrogens with zero attached hydrogens (tertiary/aromatic N) is 1. The van der Waals surface area contributed by atoms with E-state index in [1.807, 2.05) is 32.9 Å². The van der Waals surface area contributed by atoms with Gasteiger partial charge in [-0.3, -0.25) is 9.59 Å². The first-order chi connectivity index (χ1) is 12.0. The maximum Gasteiger partial charge on any atom is 0.243 e. The molecule has 2 amide bonds. The number of aryl methyl sites for hydroxylation is 1. The van der Waals surface area contributed by atoms with Crippen molar-refractivity contribution in [3.8, 4) is 0 Å². The summed E-state index contributed by atoms with van der Waals surface area (Å²) in [5.74, 6) is 0.0717. The highest BCUT2D eigenvalue weighted by molar-refractivity contribution is 5.87. The van der Waals surface area contributed by atoms with Gasteiger partial charge in [-0.2, -0.15) is 0 Å². The van der Waals surface area contributed by atoms with Crippen LogP contribution in [0.5, 0.6) is 0 Å². The van der Waals surface area contributed by atoms with Gasteiger partial charge in [0.1, 0.15) is 6.04 Å². The molecule has 1 N–H and O–H groups in total. The van der Waals surface area contributed by atoms with Crippen LogP contribution in [0.4, 0.5) is 0 Å². The van der Waals surface area contributed by atoms with Crippen molar-refractivity contribution >= 4 is 11.8 Å². The summed E-state index contributed by atoms with van der Waals surface area (Å²) < 4.78 is 0. The number of amides is 2. The van der Waals surface area contributed by atoms with Gasteiger partial charge in [-0.15, -0.1) is 0 Å². The second-order valence-electron chi connectivity index (χ2n) is 7.17. The standard InChI is InChI=1S/C21H32N2O2/c1-4-8-20(24)23(15-17-13-11-16(3)12-14-17)19(5-2)21(25)22-18-9-6-7-10-18/h11-14,18-19H,4-10,15H2,1-3H3,(H,22,25)/t19-/m0/s1. The van der Waals surface area contributed by atoms with Crippen molar-refractivity contribution < 1.29 is 9.59 Å². The fourth-order valence-electron chi connectivity index (χ4n) is 3.53. The molecule has 0 unspecified atom stereocenters. The number of carbonyl (C=O) groups is 2. The maximum atomic E-state index is 12.8. The molecule has 0 heterocycles. The molecule has 1 atom stereocenters. The molecule has 4 heteroatoms. The zero-order chi connectivity index (χ0) is 18.2. The Balaban J connectivity index is 2.13. The molecule has 1 aliphatic rings. The number of benzene rings is 1. The Morgan fingerprint density at radius 1 is 1.16 bits per heavy atom. The van der Waals surface area contributed by atoms with E-state index in [9.17, 15) is 9.59 Å². The van der Waals surface area contributed by atoms with Crippen LogP contribution in [0.25, 0.3) is 0 Å². The Labute approximate surface area is 152 Å². The van der Waals surface area contributed by atoms with E-state index in [1.54, 1.807) is 4.90 Å². The van der Waals surface area contributed by atoms with Gasteiger partial charge in [-0.05, 0) is 38.2 Å². The molecule has 0 aromatic heterocycles. The third kappa shape index (κ3) is 5.58. The summed E-state index contributed by atoms with van der Waals surface area (Å²) in [5.41, 5.74) is 2.27. The molecule has 1 aromatic rings. The van der Waals surface area contributed by atoms with Gasteiger partial charge in [0.05, 0.1) is 0 Å². The first-order valence-electron chi connectivity index (χ1n) is 9.70. The Bertz CT molecular complexity index is 562. The minimum absolute atomic E-state index is 0.00552. The average molecular weight is 344 g/mol. The predicted molar refractivity (Wildman–Crippen MR) is 101 cm³/mol. The summed E-state index contributed by atoms with van der Waals surface area (Å²) in [6.45, 7) is 6.53. The van der Waals surface area contributed by atoms with E-state index in [0.29, 0.717) is 19.4 Å². The van der Waals surface area contributed by atoms with Crippen molar-refractivity contribution in [2.24, 2.45) is 0 Å². The van der Waals surface area contributed by atoms with Gasteiger partial charge in [0.25, 0.3) is 0 Å². The Morgan fingerprint density at radius 3 is 2.36 bits per heavy atom. The van der Waals surface area contributed by atoms with E-state index < -0.39 is 0 Å². The zero-order valence-electron chi connectivity index (χ0n) is 15.9. The summed E-state index contributed by atoms with van der Waals surface area (Å²) in [5, 5.41) is 3.17. The summed E-state index contributed by atoms with van der Waals surface area (Å²) in [7, 11) is 0. The second kappa shape index (κ2) is 9.59. The Morgan fingerprint density at radius 2 is 1.80 bits per heavy atom. The monoisotopic (exact) mass is 344 g/mol. The number of carbonyl (C=O) groups excluding carboxylic acids is 2. The average Bonchev–Trinajstić information content (AvgIpc) is 3.09. The van der Waals surface area contributed by atoms with E-state index in [4.69, 9.17) is 0 Å². The minimum atomic E-state index is -0.388. The predicted octanol–water partition coefficient (Wildman–Crippen LogP) is 3.96. The number of hydrogen-bond acceptors (Lipinski definition) is 2. The SMILES string of the molecule is CCCC(=O)N(Cc1ccc(C)cc1)[C@@H](CC)C(=O)NC1CCCC1. The number of hydrogen-bond donors (Lipinski definition) is 1. The van der Waals surface area contributed by atoms with Gasteiger partial charge in [0, 0.05) is 19.0 Å². The van der Waals surface area contributed by atoms with Crippen molar-refractivity contribution in [2.45, 2.75) is 84.3 Å². The lowest BCUT2D eigenvalue weighted by atomic mass is 10.1. The molecule has 2 rings (SSSR count). The molecule has 0 radical (unpaired) electrons. The quantitative estimate of drug-likeness (QED) is 0.776. The molecule has 1 fully saturated rings. The zero-order valence-corrected chi connectivity index (χ0v) is 15.9. The van der Waals surface area contributed by atoms with Crippen molar-refractivity contribution in [3.63, 3.8) is 0 Å². The van der Waals surface area contributed by atoms with Crippen LogP contribution in [0.1, 0.15) is 69.9 Å². The molecule has 4 nitrogen and oxygen atoms in total. The number of rotatable bonds is 8. The van der Waals surface area contributed by atoms with E-state index in [0.717, 1.165) is 24.8 Å².